The molecule has 27 heavy (non-hydrogen) atoms. The summed E-state index contributed by atoms with van der Waals surface area (Å²) < 4.78 is 5.70. The molecule has 8 heteroatoms. The number of carbonyl (C=O) groups excluding carboxylic acids is 4. The second-order valence-corrected chi connectivity index (χ2v) is 6.96. The van der Waals surface area contributed by atoms with E-state index >= 15 is 0 Å². The first kappa shape index (κ1) is 18.6. The molecule has 8 nitrogen and oxygen atoms in total. The van der Waals surface area contributed by atoms with Crippen molar-refractivity contribution in [2.45, 2.75) is 26.8 Å². The van der Waals surface area contributed by atoms with Gasteiger partial charge in [-0.25, -0.2) is 9.69 Å². The molecule has 1 aliphatic rings. The fraction of sp³-hybridized carbons (Fsp3) is 0.368. The summed E-state index contributed by atoms with van der Waals surface area (Å²) in [5.41, 5.74) is 0.702. The van der Waals surface area contributed by atoms with Crippen LogP contribution in [0, 0.1) is 5.92 Å². The zero-order valence-electron chi connectivity index (χ0n) is 15.4. The molecule has 2 aromatic rings. The molecule has 1 fully saturated rings. The Balaban J connectivity index is 1.65. The predicted molar refractivity (Wildman–Crippen MR) is 96.4 cm³/mol. The lowest BCUT2D eigenvalue weighted by molar-refractivity contribution is -0.144. The van der Waals surface area contributed by atoms with E-state index in [0.717, 1.165) is 10.3 Å². The second-order valence-electron chi connectivity index (χ2n) is 6.96. The molecule has 0 unspecified atom stereocenters. The van der Waals surface area contributed by atoms with E-state index in [4.69, 9.17) is 4.42 Å². The van der Waals surface area contributed by atoms with Gasteiger partial charge in [-0.3, -0.25) is 19.3 Å². The number of urea groups is 1. The second kappa shape index (κ2) is 7.22. The highest BCUT2D eigenvalue weighted by Crippen LogP contribution is 2.23. The van der Waals surface area contributed by atoms with Gasteiger partial charge in [0, 0.05) is 11.9 Å². The maximum atomic E-state index is 12.3. The lowest BCUT2D eigenvalue weighted by atomic mass is 10.2. The number of furan rings is 1. The normalized spacial score (nSPS) is 15.9. The molecule has 1 atom stereocenters. The third-order valence-corrected chi connectivity index (χ3v) is 4.23. The Bertz CT molecular complexity index is 884. The maximum absolute atomic E-state index is 12.3. The van der Waals surface area contributed by atoms with Crippen molar-refractivity contribution >= 4 is 34.7 Å². The van der Waals surface area contributed by atoms with Crippen LogP contribution in [0.1, 0.15) is 32.6 Å². The molecule has 1 saturated heterocycles. The van der Waals surface area contributed by atoms with Crippen molar-refractivity contribution in [3.8, 4) is 0 Å². The molecule has 1 aliphatic heterocycles. The van der Waals surface area contributed by atoms with Gasteiger partial charge in [-0.1, -0.05) is 32.0 Å². The van der Waals surface area contributed by atoms with E-state index in [1.54, 1.807) is 6.92 Å². The number of nitrogens with one attached hydrogen (secondary N) is 1. The van der Waals surface area contributed by atoms with Gasteiger partial charge in [0.05, 0.1) is 6.04 Å². The fourth-order valence-electron chi connectivity index (χ4n) is 2.93. The van der Waals surface area contributed by atoms with E-state index < -0.39 is 36.3 Å². The predicted octanol–water partition coefficient (Wildman–Crippen LogP) is 2.06. The Morgan fingerprint density at radius 1 is 1.07 bits per heavy atom. The Morgan fingerprint density at radius 2 is 1.74 bits per heavy atom. The van der Waals surface area contributed by atoms with Crippen LogP contribution in [0.2, 0.25) is 0 Å². The highest BCUT2D eigenvalue weighted by molar-refractivity contribution is 6.45. The minimum absolute atomic E-state index is 0.0209. The zero-order chi connectivity index (χ0) is 19.7. The van der Waals surface area contributed by atoms with Gasteiger partial charge in [0.25, 0.3) is 0 Å². The van der Waals surface area contributed by atoms with E-state index in [1.165, 1.54) is 0 Å². The monoisotopic (exact) mass is 371 g/mol. The topological polar surface area (TPSA) is 99.9 Å². The molecule has 0 saturated carbocycles. The Labute approximate surface area is 156 Å². The first-order chi connectivity index (χ1) is 12.8. The van der Waals surface area contributed by atoms with Crippen LogP contribution in [0.3, 0.4) is 0 Å². The number of para-hydroxylation sites is 1. The van der Waals surface area contributed by atoms with Crippen LogP contribution in [0.15, 0.2) is 34.7 Å². The van der Waals surface area contributed by atoms with Crippen LogP contribution >= 0.6 is 0 Å². The van der Waals surface area contributed by atoms with Crippen LogP contribution in [-0.2, 0) is 14.4 Å². The molecular weight excluding hydrogens is 350 g/mol. The third-order valence-electron chi connectivity index (χ3n) is 4.23. The van der Waals surface area contributed by atoms with Gasteiger partial charge >= 0.3 is 17.8 Å². The van der Waals surface area contributed by atoms with Crippen LogP contribution in [0.4, 0.5) is 4.79 Å². The van der Waals surface area contributed by atoms with Crippen molar-refractivity contribution in [1.82, 2.24) is 15.1 Å². The number of rotatable bonds is 6. The van der Waals surface area contributed by atoms with Crippen LogP contribution in [0.25, 0.3) is 11.0 Å². The average molecular weight is 371 g/mol. The summed E-state index contributed by atoms with van der Waals surface area (Å²) in [7, 11) is 0. The summed E-state index contributed by atoms with van der Waals surface area (Å²) in [4.78, 5) is 50.1. The number of benzene rings is 1. The van der Waals surface area contributed by atoms with Gasteiger partial charge in [-0.05, 0) is 25.0 Å². The molecule has 0 spiro atoms. The number of fused-ring (bicyclic) bond motifs is 1. The van der Waals surface area contributed by atoms with Gasteiger partial charge in [0.1, 0.15) is 17.9 Å². The van der Waals surface area contributed by atoms with Gasteiger partial charge < -0.3 is 9.73 Å². The fourth-order valence-corrected chi connectivity index (χ4v) is 2.93. The molecule has 1 N–H and O–H groups in total. The van der Waals surface area contributed by atoms with Crippen molar-refractivity contribution in [3.05, 3.63) is 36.1 Å². The largest absolute Gasteiger partial charge is 0.459 e. The van der Waals surface area contributed by atoms with Crippen molar-refractivity contribution in [2.24, 2.45) is 5.92 Å². The molecule has 0 bridgehead atoms. The van der Waals surface area contributed by atoms with Gasteiger partial charge in [-0.2, -0.15) is 0 Å². The highest BCUT2D eigenvalue weighted by atomic mass is 16.3. The first-order valence-electron chi connectivity index (χ1n) is 8.73. The lowest BCUT2D eigenvalue weighted by Gasteiger charge is -2.17. The van der Waals surface area contributed by atoms with Crippen molar-refractivity contribution in [3.63, 3.8) is 0 Å². The Kier molecular flexibility index (Phi) is 4.98. The van der Waals surface area contributed by atoms with Crippen molar-refractivity contribution in [1.29, 1.82) is 0 Å². The maximum Gasteiger partial charge on any atom is 0.334 e. The molecular formula is C19H21N3O5. The van der Waals surface area contributed by atoms with E-state index in [-0.39, 0.29) is 12.5 Å². The summed E-state index contributed by atoms with van der Waals surface area (Å²) >= 11 is 0. The molecule has 1 aromatic heterocycles. The Morgan fingerprint density at radius 3 is 2.41 bits per heavy atom. The first-order valence-corrected chi connectivity index (χ1v) is 8.73. The summed E-state index contributed by atoms with van der Waals surface area (Å²) in [5.74, 6) is -1.85. The van der Waals surface area contributed by atoms with E-state index in [0.29, 0.717) is 16.2 Å². The molecule has 142 valence electrons. The number of carbonyl (C=O) groups is 4. The van der Waals surface area contributed by atoms with Gasteiger partial charge in [-0.15, -0.1) is 0 Å². The lowest BCUT2D eigenvalue weighted by Crippen LogP contribution is -2.42. The molecule has 1 aromatic carbocycles. The summed E-state index contributed by atoms with van der Waals surface area (Å²) in [6.07, 6.45) is 0. The molecule has 0 radical (unpaired) electrons. The minimum atomic E-state index is -0.979. The standard InChI is InChI=1S/C19H21N3O5/c1-11(2)9-21-17(24)18(25)22(19(21)26)10-16(23)20-12(3)15-8-13-6-4-5-7-14(13)27-15/h4-8,11-12H,9-10H2,1-3H3,(H,20,23)/t12-/m0/s1. The number of hydrogen-bond donors (Lipinski definition) is 1. The average Bonchev–Trinajstić information content (AvgIpc) is 3.13. The molecule has 0 aliphatic carbocycles. The van der Waals surface area contributed by atoms with E-state index in [9.17, 15) is 19.2 Å². The van der Waals surface area contributed by atoms with E-state index in [1.807, 2.05) is 44.2 Å². The summed E-state index contributed by atoms with van der Waals surface area (Å²) in [5, 5.41) is 3.60. The summed E-state index contributed by atoms with van der Waals surface area (Å²) in [6, 6.07) is 8.06. The zero-order valence-corrected chi connectivity index (χ0v) is 15.4. The molecule has 2 heterocycles. The molecule has 3 rings (SSSR count). The number of imide groups is 2. The number of amides is 5. The van der Waals surface area contributed by atoms with Crippen LogP contribution < -0.4 is 5.32 Å². The SMILES string of the molecule is CC(C)CN1C(=O)C(=O)N(CC(=O)N[C@@H](C)c2cc3ccccc3o2)C1=O. The van der Waals surface area contributed by atoms with Crippen molar-refractivity contribution in [2.75, 3.05) is 13.1 Å². The van der Waals surface area contributed by atoms with Crippen LogP contribution in [-0.4, -0.2) is 46.6 Å². The number of hydrogen-bond acceptors (Lipinski definition) is 5. The van der Waals surface area contributed by atoms with Gasteiger partial charge in [0.15, 0.2) is 0 Å². The Hall–Kier alpha value is -3.16. The van der Waals surface area contributed by atoms with E-state index in [2.05, 4.69) is 5.32 Å². The van der Waals surface area contributed by atoms with Crippen LogP contribution in [0.5, 0.6) is 0 Å². The quantitative estimate of drug-likeness (QED) is 0.619. The smallest absolute Gasteiger partial charge is 0.334 e. The van der Waals surface area contributed by atoms with Crippen molar-refractivity contribution < 1.29 is 23.6 Å². The minimum Gasteiger partial charge on any atom is -0.459 e. The number of nitrogens with zero attached hydrogens (tertiary/aromatic N) is 2. The van der Waals surface area contributed by atoms with Gasteiger partial charge in [0.2, 0.25) is 5.91 Å². The third kappa shape index (κ3) is 3.69. The highest BCUT2D eigenvalue weighted by Gasteiger charge is 2.45. The molecule has 5 amide bonds. The summed E-state index contributed by atoms with van der Waals surface area (Å²) in [6.45, 7) is 5.02.